The third-order valence-electron chi connectivity index (χ3n) is 4.03. The summed E-state index contributed by atoms with van der Waals surface area (Å²) in [5.41, 5.74) is 0.184. The summed E-state index contributed by atoms with van der Waals surface area (Å²) in [5, 5.41) is 5.41. The van der Waals surface area contributed by atoms with Gasteiger partial charge in [-0.25, -0.2) is 14.2 Å². The van der Waals surface area contributed by atoms with E-state index in [9.17, 15) is 18.8 Å². The number of amides is 2. The zero-order valence-electron chi connectivity index (χ0n) is 16.4. The van der Waals surface area contributed by atoms with Gasteiger partial charge in [0.25, 0.3) is 11.8 Å². The first-order chi connectivity index (χ1) is 14.1. The molecule has 1 aromatic heterocycles. The van der Waals surface area contributed by atoms with Crippen LogP contribution in [-0.4, -0.2) is 34.9 Å². The zero-order valence-corrected chi connectivity index (χ0v) is 17.9. The Hall–Kier alpha value is -2.71. The normalized spacial score (nSPS) is 12.8. The predicted octanol–water partition coefficient (Wildman–Crippen LogP) is 3.85. The van der Waals surface area contributed by atoms with E-state index in [4.69, 9.17) is 27.9 Å². The number of ether oxygens (including phenoxy) is 1. The molecule has 1 heterocycles. The fourth-order valence-electron chi connectivity index (χ4n) is 2.35. The highest BCUT2D eigenvalue weighted by Gasteiger charge is 2.29. The first-order valence-corrected chi connectivity index (χ1v) is 9.73. The quantitative estimate of drug-likeness (QED) is 0.617. The molecule has 2 atom stereocenters. The van der Waals surface area contributed by atoms with Gasteiger partial charge < -0.3 is 15.4 Å². The minimum Gasteiger partial charge on any atom is -0.451 e. The molecule has 30 heavy (non-hydrogen) atoms. The van der Waals surface area contributed by atoms with Crippen LogP contribution in [-0.2, 0) is 14.3 Å². The second kappa shape index (κ2) is 10.4. The monoisotopic (exact) mass is 455 g/mol. The summed E-state index contributed by atoms with van der Waals surface area (Å²) in [7, 11) is 0. The number of rotatable bonds is 7. The minimum absolute atomic E-state index is 0.0685. The average molecular weight is 456 g/mol. The van der Waals surface area contributed by atoms with Gasteiger partial charge in [-0.3, -0.25) is 9.59 Å². The number of hydrogen-bond acceptors (Lipinski definition) is 5. The number of aromatic nitrogens is 1. The molecule has 0 aliphatic rings. The third-order valence-corrected chi connectivity index (χ3v) is 4.52. The SMILES string of the molecule is CC(OC(=O)[C@H](NC(=O)c1ccc(F)cc1)C(C)C)C(=O)Nc1ncc(Cl)cc1Cl. The Morgan fingerprint density at radius 1 is 1.10 bits per heavy atom. The first kappa shape index (κ1) is 23.6. The number of nitrogens with zero attached hydrogens (tertiary/aromatic N) is 1. The van der Waals surface area contributed by atoms with E-state index in [0.717, 1.165) is 12.1 Å². The lowest BCUT2D eigenvalue weighted by atomic mass is 10.0. The number of carbonyl (C=O) groups excluding carboxylic acids is 3. The van der Waals surface area contributed by atoms with Crippen LogP contribution in [0.5, 0.6) is 0 Å². The number of halogens is 3. The molecule has 2 aromatic rings. The lowest BCUT2D eigenvalue weighted by Gasteiger charge is -2.23. The average Bonchev–Trinajstić information content (AvgIpc) is 2.68. The van der Waals surface area contributed by atoms with Gasteiger partial charge in [0, 0.05) is 11.8 Å². The summed E-state index contributed by atoms with van der Waals surface area (Å²) in [5.74, 6) is -2.77. The van der Waals surface area contributed by atoms with Crippen molar-refractivity contribution in [1.82, 2.24) is 10.3 Å². The van der Waals surface area contributed by atoms with Crippen LogP contribution in [0.3, 0.4) is 0 Å². The number of benzene rings is 1. The van der Waals surface area contributed by atoms with Crippen molar-refractivity contribution in [3.8, 4) is 0 Å². The third kappa shape index (κ3) is 6.40. The molecule has 2 amide bonds. The standard InChI is InChI=1S/C20H20Cl2FN3O4/c1-10(2)16(25-19(28)12-4-6-14(23)7-5-12)20(29)30-11(3)18(27)26-17-15(22)8-13(21)9-24-17/h4-11,16H,1-3H3,(H,25,28)(H,24,26,27)/t11?,16-/m1/s1. The van der Waals surface area contributed by atoms with Gasteiger partial charge in [-0.15, -0.1) is 0 Å². The van der Waals surface area contributed by atoms with Crippen molar-refractivity contribution >= 4 is 46.8 Å². The number of carbonyl (C=O) groups is 3. The van der Waals surface area contributed by atoms with Crippen molar-refractivity contribution in [3.05, 3.63) is 58.0 Å². The highest BCUT2D eigenvalue weighted by atomic mass is 35.5. The summed E-state index contributed by atoms with van der Waals surface area (Å²) < 4.78 is 18.2. The van der Waals surface area contributed by atoms with E-state index in [1.54, 1.807) is 13.8 Å². The van der Waals surface area contributed by atoms with Crippen LogP contribution >= 0.6 is 23.2 Å². The van der Waals surface area contributed by atoms with Crippen molar-refractivity contribution in [1.29, 1.82) is 0 Å². The molecule has 160 valence electrons. The van der Waals surface area contributed by atoms with Gasteiger partial charge in [0.1, 0.15) is 11.9 Å². The van der Waals surface area contributed by atoms with E-state index >= 15 is 0 Å². The molecule has 1 aromatic carbocycles. The fraction of sp³-hybridized carbons (Fsp3) is 0.300. The Bertz CT molecular complexity index is 938. The van der Waals surface area contributed by atoms with Crippen LogP contribution in [0.4, 0.5) is 10.2 Å². The summed E-state index contributed by atoms with van der Waals surface area (Å²) in [4.78, 5) is 41.1. The van der Waals surface area contributed by atoms with Crippen LogP contribution < -0.4 is 10.6 Å². The molecule has 0 bridgehead atoms. The van der Waals surface area contributed by atoms with Crippen molar-refractivity contribution < 1.29 is 23.5 Å². The van der Waals surface area contributed by atoms with Gasteiger partial charge in [0.05, 0.1) is 10.0 Å². The van der Waals surface area contributed by atoms with Gasteiger partial charge in [-0.05, 0) is 43.2 Å². The molecule has 0 radical (unpaired) electrons. The van der Waals surface area contributed by atoms with Gasteiger partial charge in [-0.1, -0.05) is 37.0 Å². The van der Waals surface area contributed by atoms with E-state index in [1.165, 1.54) is 31.3 Å². The molecule has 0 spiro atoms. The summed E-state index contributed by atoms with van der Waals surface area (Å²) in [6.45, 7) is 4.79. The first-order valence-electron chi connectivity index (χ1n) is 8.97. The molecule has 2 N–H and O–H groups in total. The van der Waals surface area contributed by atoms with E-state index in [2.05, 4.69) is 15.6 Å². The lowest BCUT2D eigenvalue weighted by Crippen LogP contribution is -2.47. The fourth-order valence-corrected chi connectivity index (χ4v) is 2.78. The maximum Gasteiger partial charge on any atom is 0.329 e. The second-order valence-electron chi connectivity index (χ2n) is 6.75. The number of hydrogen-bond donors (Lipinski definition) is 2. The van der Waals surface area contributed by atoms with Crippen LogP contribution in [0, 0.1) is 11.7 Å². The number of esters is 1. The Morgan fingerprint density at radius 2 is 1.73 bits per heavy atom. The van der Waals surface area contributed by atoms with Gasteiger partial charge in [-0.2, -0.15) is 0 Å². The molecular formula is C20H20Cl2FN3O4. The van der Waals surface area contributed by atoms with Crippen molar-refractivity contribution in [2.45, 2.75) is 32.9 Å². The molecule has 1 unspecified atom stereocenters. The van der Waals surface area contributed by atoms with Crippen LogP contribution in [0.1, 0.15) is 31.1 Å². The lowest BCUT2D eigenvalue weighted by molar-refractivity contribution is -0.156. The van der Waals surface area contributed by atoms with Crippen LogP contribution in [0.2, 0.25) is 10.0 Å². The molecule has 10 heteroatoms. The molecule has 0 fully saturated rings. The number of pyridine rings is 1. The largest absolute Gasteiger partial charge is 0.451 e. The van der Waals surface area contributed by atoms with Gasteiger partial charge in [0.15, 0.2) is 11.9 Å². The second-order valence-corrected chi connectivity index (χ2v) is 7.60. The predicted molar refractivity (Wildman–Crippen MR) is 111 cm³/mol. The highest BCUT2D eigenvalue weighted by Crippen LogP contribution is 2.22. The van der Waals surface area contributed by atoms with E-state index in [-0.39, 0.29) is 22.3 Å². The topological polar surface area (TPSA) is 97.4 Å². The van der Waals surface area contributed by atoms with Gasteiger partial charge in [0.2, 0.25) is 0 Å². The molecular weight excluding hydrogens is 436 g/mol. The molecule has 0 saturated carbocycles. The minimum atomic E-state index is -1.19. The molecule has 0 aliphatic heterocycles. The Morgan fingerprint density at radius 3 is 2.30 bits per heavy atom. The van der Waals surface area contributed by atoms with Gasteiger partial charge >= 0.3 is 5.97 Å². The molecule has 7 nitrogen and oxygen atoms in total. The van der Waals surface area contributed by atoms with E-state index in [0.29, 0.717) is 5.02 Å². The number of anilines is 1. The van der Waals surface area contributed by atoms with Crippen LogP contribution in [0.15, 0.2) is 36.5 Å². The highest BCUT2D eigenvalue weighted by molar-refractivity contribution is 6.36. The molecule has 2 rings (SSSR count). The zero-order chi connectivity index (χ0) is 22.4. The summed E-state index contributed by atoms with van der Waals surface area (Å²) >= 11 is 11.7. The van der Waals surface area contributed by atoms with Crippen LogP contribution in [0.25, 0.3) is 0 Å². The maximum absolute atomic E-state index is 13.0. The van der Waals surface area contributed by atoms with E-state index in [1.807, 2.05) is 0 Å². The number of nitrogens with one attached hydrogen (secondary N) is 2. The Kier molecular flexibility index (Phi) is 8.14. The smallest absolute Gasteiger partial charge is 0.329 e. The molecule has 0 aliphatic carbocycles. The molecule has 0 saturated heterocycles. The summed E-state index contributed by atoms with van der Waals surface area (Å²) in [6.07, 6.45) is 0.120. The van der Waals surface area contributed by atoms with E-state index < -0.39 is 35.7 Å². The van der Waals surface area contributed by atoms with Crippen molar-refractivity contribution in [2.24, 2.45) is 5.92 Å². The summed E-state index contributed by atoms with van der Waals surface area (Å²) in [6, 6.07) is 5.26. The Labute approximate surface area is 182 Å². The van der Waals surface area contributed by atoms with Crippen molar-refractivity contribution in [2.75, 3.05) is 5.32 Å². The van der Waals surface area contributed by atoms with Crippen molar-refractivity contribution in [3.63, 3.8) is 0 Å². The Balaban J connectivity index is 2.01. The maximum atomic E-state index is 13.0.